The minimum absolute atomic E-state index is 0.0408. The highest BCUT2D eigenvalue weighted by Crippen LogP contribution is 2.14. The van der Waals surface area contributed by atoms with Gasteiger partial charge < -0.3 is 19.5 Å². The van der Waals surface area contributed by atoms with E-state index < -0.39 is 0 Å². The molecule has 3 heterocycles. The topological polar surface area (TPSA) is 67.0 Å². The van der Waals surface area contributed by atoms with E-state index in [4.69, 9.17) is 4.42 Å². The Balaban J connectivity index is 1.30. The van der Waals surface area contributed by atoms with Gasteiger partial charge in [0.15, 0.2) is 5.76 Å². The molecule has 0 bridgehead atoms. The van der Waals surface area contributed by atoms with Crippen molar-refractivity contribution in [3.63, 3.8) is 0 Å². The molecule has 4 rings (SSSR count). The second kappa shape index (κ2) is 8.41. The average molecular weight is 396 g/mol. The van der Waals surface area contributed by atoms with Crippen LogP contribution in [0.5, 0.6) is 0 Å². The van der Waals surface area contributed by atoms with E-state index in [2.05, 4.69) is 22.8 Å². The Bertz CT molecular complexity index is 912. The fourth-order valence-electron chi connectivity index (χ4n) is 3.34. The molecule has 0 saturated carbocycles. The predicted molar refractivity (Wildman–Crippen MR) is 108 cm³/mol. The van der Waals surface area contributed by atoms with E-state index in [0.29, 0.717) is 11.3 Å². The van der Waals surface area contributed by atoms with E-state index in [1.807, 2.05) is 4.90 Å². The SMILES string of the molecule is O=C(Nc1ccc(C(=O)N2CC[NH+](Cc3cccs3)CC2)cc1)c1ccco1. The number of piperazine rings is 1. The maximum absolute atomic E-state index is 12.8. The summed E-state index contributed by atoms with van der Waals surface area (Å²) in [7, 11) is 0. The third-order valence-corrected chi connectivity index (χ3v) is 5.77. The van der Waals surface area contributed by atoms with Gasteiger partial charge in [0.2, 0.25) is 0 Å². The average Bonchev–Trinajstić information content (AvgIpc) is 3.43. The molecule has 7 heteroatoms. The Hall–Kier alpha value is -2.90. The first kappa shape index (κ1) is 18.5. The van der Waals surface area contributed by atoms with E-state index in [9.17, 15) is 9.59 Å². The quantitative estimate of drug-likeness (QED) is 0.694. The van der Waals surface area contributed by atoms with Gasteiger partial charge in [-0.25, -0.2) is 0 Å². The number of hydrogen-bond donors (Lipinski definition) is 2. The maximum atomic E-state index is 12.8. The number of thiophene rings is 1. The summed E-state index contributed by atoms with van der Waals surface area (Å²) >= 11 is 1.79. The van der Waals surface area contributed by atoms with Crippen molar-refractivity contribution in [2.45, 2.75) is 6.54 Å². The molecule has 2 N–H and O–H groups in total. The summed E-state index contributed by atoms with van der Waals surface area (Å²) in [6, 6.07) is 14.5. The van der Waals surface area contributed by atoms with Crippen molar-refractivity contribution < 1.29 is 18.9 Å². The van der Waals surface area contributed by atoms with Crippen LogP contribution in [0.3, 0.4) is 0 Å². The number of anilines is 1. The molecule has 3 aromatic rings. The van der Waals surface area contributed by atoms with Gasteiger partial charge in [0.1, 0.15) is 6.54 Å². The molecule has 1 aliphatic heterocycles. The number of carbonyl (C=O) groups excluding carboxylic acids is 2. The molecule has 1 aromatic carbocycles. The largest absolute Gasteiger partial charge is 0.459 e. The van der Waals surface area contributed by atoms with Crippen molar-refractivity contribution in [2.24, 2.45) is 0 Å². The number of nitrogens with one attached hydrogen (secondary N) is 2. The van der Waals surface area contributed by atoms with Crippen molar-refractivity contribution in [3.05, 3.63) is 76.4 Å². The monoisotopic (exact) mass is 396 g/mol. The molecule has 0 aliphatic carbocycles. The van der Waals surface area contributed by atoms with Gasteiger partial charge in [-0.15, -0.1) is 11.3 Å². The molecule has 144 valence electrons. The standard InChI is InChI=1S/C21H21N3O3S/c25-20(19-4-1-13-27-19)22-17-7-5-16(6-8-17)21(26)24-11-9-23(10-12-24)15-18-3-2-14-28-18/h1-8,13-14H,9-12,15H2,(H,22,25)/p+1. The van der Waals surface area contributed by atoms with Gasteiger partial charge in [0, 0.05) is 11.3 Å². The number of rotatable bonds is 5. The molecule has 1 fully saturated rings. The second-order valence-corrected chi connectivity index (χ2v) is 7.84. The van der Waals surface area contributed by atoms with Crippen LogP contribution in [0.25, 0.3) is 0 Å². The fourth-order valence-corrected chi connectivity index (χ4v) is 4.12. The lowest BCUT2D eigenvalue weighted by atomic mass is 10.1. The molecular weight excluding hydrogens is 374 g/mol. The van der Waals surface area contributed by atoms with Crippen molar-refractivity contribution in [1.29, 1.82) is 0 Å². The molecular formula is C21H22N3O3S+. The van der Waals surface area contributed by atoms with Crippen LogP contribution in [0.4, 0.5) is 5.69 Å². The fraction of sp³-hybridized carbons (Fsp3) is 0.238. The molecule has 2 aromatic heterocycles. The van der Waals surface area contributed by atoms with Crippen LogP contribution in [-0.2, 0) is 6.54 Å². The Morgan fingerprint density at radius 2 is 1.86 bits per heavy atom. The normalized spacial score (nSPS) is 14.8. The van der Waals surface area contributed by atoms with Crippen LogP contribution in [0.1, 0.15) is 25.8 Å². The Morgan fingerprint density at radius 3 is 2.50 bits per heavy atom. The van der Waals surface area contributed by atoms with Crippen LogP contribution in [0.2, 0.25) is 0 Å². The Morgan fingerprint density at radius 1 is 1.07 bits per heavy atom. The summed E-state index contributed by atoms with van der Waals surface area (Å²) in [5, 5.41) is 4.86. The van der Waals surface area contributed by atoms with E-state index >= 15 is 0 Å². The number of quaternary nitrogens is 1. The van der Waals surface area contributed by atoms with Crippen LogP contribution in [-0.4, -0.2) is 42.9 Å². The van der Waals surface area contributed by atoms with Gasteiger partial charge in [-0.05, 0) is 47.8 Å². The molecule has 2 amide bonds. The smallest absolute Gasteiger partial charge is 0.291 e. The van der Waals surface area contributed by atoms with Crippen molar-refractivity contribution in [2.75, 3.05) is 31.5 Å². The lowest BCUT2D eigenvalue weighted by molar-refractivity contribution is -0.917. The Labute approximate surface area is 167 Å². The number of benzene rings is 1. The van der Waals surface area contributed by atoms with Gasteiger partial charge in [-0.2, -0.15) is 0 Å². The molecule has 0 unspecified atom stereocenters. The van der Waals surface area contributed by atoms with E-state index in [1.54, 1.807) is 47.7 Å². The molecule has 28 heavy (non-hydrogen) atoms. The van der Waals surface area contributed by atoms with Gasteiger partial charge in [-0.1, -0.05) is 6.07 Å². The number of carbonyl (C=O) groups is 2. The number of nitrogens with zero attached hydrogens (tertiary/aromatic N) is 1. The lowest BCUT2D eigenvalue weighted by Crippen LogP contribution is -3.13. The molecule has 0 atom stereocenters. The molecule has 1 saturated heterocycles. The molecule has 0 radical (unpaired) electrons. The van der Waals surface area contributed by atoms with Crippen LogP contribution < -0.4 is 10.2 Å². The zero-order chi connectivity index (χ0) is 19.3. The van der Waals surface area contributed by atoms with E-state index in [-0.39, 0.29) is 17.6 Å². The summed E-state index contributed by atoms with van der Waals surface area (Å²) in [4.78, 5) is 29.6. The van der Waals surface area contributed by atoms with E-state index in [0.717, 1.165) is 32.7 Å². The van der Waals surface area contributed by atoms with Crippen LogP contribution in [0, 0.1) is 0 Å². The predicted octanol–water partition coefficient (Wildman–Crippen LogP) is 2.13. The summed E-state index contributed by atoms with van der Waals surface area (Å²) in [5.74, 6) is -0.0175. The highest BCUT2D eigenvalue weighted by molar-refractivity contribution is 7.09. The first-order valence-corrected chi connectivity index (χ1v) is 10.2. The van der Waals surface area contributed by atoms with E-state index in [1.165, 1.54) is 16.0 Å². The van der Waals surface area contributed by atoms with Crippen LogP contribution in [0.15, 0.2) is 64.6 Å². The summed E-state index contributed by atoms with van der Waals surface area (Å²) < 4.78 is 5.08. The van der Waals surface area contributed by atoms with Crippen molar-refractivity contribution in [1.82, 2.24) is 4.90 Å². The summed E-state index contributed by atoms with van der Waals surface area (Å²) in [6.07, 6.45) is 1.46. The molecule has 0 spiro atoms. The lowest BCUT2D eigenvalue weighted by Gasteiger charge is -2.32. The number of hydrogen-bond acceptors (Lipinski definition) is 4. The highest BCUT2D eigenvalue weighted by Gasteiger charge is 2.24. The minimum atomic E-state index is -0.311. The zero-order valence-corrected chi connectivity index (χ0v) is 16.2. The number of furan rings is 1. The maximum Gasteiger partial charge on any atom is 0.291 e. The van der Waals surface area contributed by atoms with Gasteiger partial charge >= 0.3 is 0 Å². The van der Waals surface area contributed by atoms with Gasteiger partial charge in [0.25, 0.3) is 11.8 Å². The molecule has 1 aliphatic rings. The summed E-state index contributed by atoms with van der Waals surface area (Å²) in [5.41, 5.74) is 1.26. The van der Waals surface area contributed by atoms with Crippen molar-refractivity contribution in [3.8, 4) is 0 Å². The first-order chi connectivity index (χ1) is 13.7. The Kier molecular flexibility index (Phi) is 5.55. The number of amides is 2. The summed E-state index contributed by atoms with van der Waals surface area (Å²) in [6.45, 7) is 4.47. The third-order valence-electron chi connectivity index (χ3n) is 4.90. The minimum Gasteiger partial charge on any atom is -0.459 e. The second-order valence-electron chi connectivity index (χ2n) is 6.81. The zero-order valence-electron chi connectivity index (χ0n) is 15.4. The van der Waals surface area contributed by atoms with Crippen molar-refractivity contribution >= 4 is 28.8 Å². The van der Waals surface area contributed by atoms with Gasteiger partial charge in [-0.3, -0.25) is 9.59 Å². The third kappa shape index (κ3) is 4.32. The van der Waals surface area contributed by atoms with Crippen LogP contribution >= 0.6 is 11.3 Å². The van der Waals surface area contributed by atoms with Gasteiger partial charge in [0.05, 0.1) is 37.3 Å². The highest BCUT2D eigenvalue weighted by atomic mass is 32.1. The first-order valence-electron chi connectivity index (χ1n) is 9.29. The molecule has 6 nitrogen and oxygen atoms in total.